The predicted octanol–water partition coefficient (Wildman–Crippen LogP) is 1.76. The van der Waals surface area contributed by atoms with Gasteiger partial charge in [-0.25, -0.2) is 0 Å². The zero-order valence-electron chi connectivity index (χ0n) is 13.4. The number of carbonyl (C=O) groups excluding carboxylic acids is 3. The lowest BCUT2D eigenvalue weighted by atomic mass is 9.96. The van der Waals surface area contributed by atoms with Gasteiger partial charge >= 0.3 is 0 Å². The lowest BCUT2D eigenvalue weighted by molar-refractivity contribution is -0.123. The van der Waals surface area contributed by atoms with E-state index in [0.29, 0.717) is 43.6 Å². The van der Waals surface area contributed by atoms with E-state index >= 15 is 0 Å². The number of primary amides is 1. The van der Waals surface area contributed by atoms with Gasteiger partial charge < -0.3 is 16.0 Å². The largest absolute Gasteiger partial charge is 0.369 e. The van der Waals surface area contributed by atoms with Crippen molar-refractivity contribution in [3.8, 4) is 0 Å². The molecule has 1 aliphatic rings. The molecule has 3 amide bonds. The summed E-state index contributed by atoms with van der Waals surface area (Å²) in [6.07, 6.45) is 2.51. The maximum atomic E-state index is 12.4. The molecule has 0 saturated carbocycles. The Morgan fingerprint density at radius 1 is 1.17 bits per heavy atom. The van der Waals surface area contributed by atoms with Crippen LogP contribution < -0.4 is 11.1 Å². The van der Waals surface area contributed by atoms with Gasteiger partial charge in [0.25, 0.3) is 5.91 Å². The number of nitrogens with two attached hydrogens (primary N) is 1. The Morgan fingerprint density at radius 3 is 2.30 bits per heavy atom. The topological polar surface area (TPSA) is 92.5 Å². The smallest absolute Gasteiger partial charge is 0.253 e. The van der Waals surface area contributed by atoms with Gasteiger partial charge in [0.15, 0.2) is 0 Å². The van der Waals surface area contributed by atoms with Crippen molar-refractivity contribution >= 4 is 23.4 Å². The average Bonchev–Trinajstić information content (AvgIpc) is 2.55. The van der Waals surface area contributed by atoms with Crippen LogP contribution in [0.5, 0.6) is 0 Å². The minimum absolute atomic E-state index is 0.0277. The number of hydrogen-bond acceptors (Lipinski definition) is 3. The van der Waals surface area contributed by atoms with Crippen molar-refractivity contribution in [2.24, 2.45) is 11.7 Å². The van der Waals surface area contributed by atoms with E-state index in [1.54, 1.807) is 29.2 Å². The standard InChI is InChI=1S/C17H23N3O3/c1-2-3-15(21)19-14-6-4-13(5-7-14)17(23)20-10-8-12(9-11-20)16(18)22/h4-7,12H,2-3,8-11H2,1H3,(H2,18,22)(H,19,21). The second-order valence-corrected chi connectivity index (χ2v) is 5.84. The molecule has 0 unspecified atom stereocenters. The highest BCUT2D eigenvalue weighted by molar-refractivity contribution is 5.96. The van der Waals surface area contributed by atoms with Gasteiger partial charge in [0.1, 0.15) is 0 Å². The van der Waals surface area contributed by atoms with E-state index < -0.39 is 0 Å². The summed E-state index contributed by atoms with van der Waals surface area (Å²) in [6, 6.07) is 6.89. The van der Waals surface area contributed by atoms with Crippen molar-refractivity contribution < 1.29 is 14.4 Å². The molecule has 2 rings (SSSR count). The summed E-state index contributed by atoms with van der Waals surface area (Å²) in [5.74, 6) is -0.501. The normalized spacial score (nSPS) is 15.3. The molecule has 1 fully saturated rings. The lowest BCUT2D eigenvalue weighted by Crippen LogP contribution is -2.41. The Balaban J connectivity index is 1.93. The van der Waals surface area contributed by atoms with Gasteiger partial charge in [-0.2, -0.15) is 0 Å². The summed E-state index contributed by atoms with van der Waals surface area (Å²) in [5.41, 5.74) is 6.57. The van der Waals surface area contributed by atoms with Crippen LogP contribution in [0.4, 0.5) is 5.69 Å². The van der Waals surface area contributed by atoms with E-state index in [-0.39, 0.29) is 23.6 Å². The third kappa shape index (κ3) is 4.55. The number of hydrogen-bond donors (Lipinski definition) is 2. The fourth-order valence-corrected chi connectivity index (χ4v) is 2.70. The van der Waals surface area contributed by atoms with Crippen LogP contribution in [0.3, 0.4) is 0 Å². The molecule has 0 bridgehead atoms. The molecule has 0 aliphatic carbocycles. The summed E-state index contributed by atoms with van der Waals surface area (Å²) in [4.78, 5) is 36.9. The second kappa shape index (κ2) is 7.76. The number of benzene rings is 1. The van der Waals surface area contributed by atoms with Crippen LogP contribution in [0, 0.1) is 5.92 Å². The molecule has 1 aliphatic heterocycles. The van der Waals surface area contributed by atoms with Crippen LogP contribution in [-0.2, 0) is 9.59 Å². The molecule has 124 valence electrons. The Labute approximate surface area is 136 Å². The van der Waals surface area contributed by atoms with Gasteiger partial charge in [-0.05, 0) is 43.5 Å². The number of piperidine rings is 1. The number of rotatable bonds is 5. The summed E-state index contributed by atoms with van der Waals surface area (Å²) in [7, 11) is 0. The maximum Gasteiger partial charge on any atom is 0.253 e. The fraction of sp³-hybridized carbons (Fsp3) is 0.471. The van der Waals surface area contributed by atoms with E-state index in [1.165, 1.54) is 0 Å². The molecular formula is C17H23N3O3. The van der Waals surface area contributed by atoms with Crippen LogP contribution in [0.2, 0.25) is 0 Å². The van der Waals surface area contributed by atoms with E-state index in [0.717, 1.165) is 6.42 Å². The SMILES string of the molecule is CCCC(=O)Nc1ccc(C(=O)N2CCC(C(N)=O)CC2)cc1. The summed E-state index contributed by atoms with van der Waals surface area (Å²) in [5, 5.41) is 2.79. The molecule has 1 heterocycles. The first kappa shape index (κ1) is 17.0. The molecule has 0 aromatic heterocycles. The van der Waals surface area contributed by atoms with E-state index in [9.17, 15) is 14.4 Å². The first-order valence-corrected chi connectivity index (χ1v) is 7.99. The number of carbonyl (C=O) groups is 3. The molecule has 0 atom stereocenters. The van der Waals surface area contributed by atoms with Crippen LogP contribution in [0.1, 0.15) is 43.0 Å². The molecule has 6 nitrogen and oxygen atoms in total. The van der Waals surface area contributed by atoms with Crippen LogP contribution in [0.15, 0.2) is 24.3 Å². The molecule has 0 spiro atoms. The van der Waals surface area contributed by atoms with Crippen molar-refractivity contribution in [1.29, 1.82) is 0 Å². The third-order valence-electron chi connectivity index (χ3n) is 4.08. The summed E-state index contributed by atoms with van der Waals surface area (Å²) >= 11 is 0. The van der Waals surface area contributed by atoms with E-state index in [4.69, 9.17) is 5.73 Å². The van der Waals surface area contributed by atoms with Gasteiger partial charge in [-0.3, -0.25) is 14.4 Å². The number of anilines is 1. The van der Waals surface area contributed by atoms with Gasteiger partial charge in [0.05, 0.1) is 0 Å². The van der Waals surface area contributed by atoms with Crippen LogP contribution in [0.25, 0.3) is 0 Å². The summed E-state index contributed by atoms with van der Waals surface area (Å²) < 4.78 is 0. The minimum atomic E-state index is -0.288. The predicted molar refractivity (Wildman–Crippen MR) is 87.8 cm³/mol. The second-order valence-electron chi connectivity index (χ2n) is 5.84. The third-order valence-corrected chi connectivity index (χ3v) is 4.08. The number of amides is 3. The van der Waals surface area contributed by atoms with Crippen molar-refractivity contribution in [2.45, 2.75) is 32.6 Å². The van der Waals surface area contributed by atoms with E-state index in [1.807, 2.05) is 6.92 Å². The fourth-order valence-electron chi connectivity index (χ4n) is 2.70. The molecular weight excluding hydrogens is 294 g/mol. The number of likely N-dealkylation sites (tertiary alicyclic amines) is 1. The Bertz CT molecular complexity index is 575. The quantitative estimate of drug-likeness (QED) is 0.866. The Kier molecular flexibility index (Phi) is 5.73. The molecule has 1 aromatic rings. The summed E-state index contributed by atoms with van der Waals surface area (Å²) in [6.45, 7) is 3.03. The zero-order valence-corrected chi connectivity index (χ0v) is 13.4. The first-order chi connectivity index (χ1) is 11.0. The average molecular weight is 317 g/mol. The van der Waals surface area contributed by atoms with Crippen molar-refractivity contribution in [2.75, 3.05) is 18.4 Å². The van der Waals surface area contributed by atoms with Crippen molar-refractivity contribution in [3.63, 3.8) is 0 Å². The highest BCUT2D eigenvalue weighted by Crippen LogP contribution is 2.19. The van der Waals surface area contributed by atoms with Gasteiger partial charge in [-0.15, -0.1) is 0 Å². The van der Waals surface area contributed by atoms with Crippen molar-refractivity contribution in [3.05, 3.63) is 29.8 Å². The van der Waals surface area contributed by atoms with Crippen LogP contribution in [-0.4, -0.2) is 35.7 Å². The molecule has 23 heavy (non-hydrogen) atoms. The molecule has 3 N–H and O–H groups in total. The van der Waals surface area contributed by atoms with Gasteiger partial charge in [0.2, 0.25) is 11.8 Å². The van der Waals surface area contributed by atoms with Gasteiger partial charge in [0, 0.05) is 36.7 Å². The molecule has 1 saturated heterocycles. The number of nitrogens with zero attached hydrogens (tertiary/aromatic N) is 1. The maximum absolute atomic E-state index is 12.4. The van der Waals surface area contributed by atoms with Gasteiger partial charge in [-0.1, -0.05) is 6.92 Å². The molecule has 0 radical (unpaired) electrons. The molecule has 1 aromatic carbocycles. The number of nitrogens with one attached hydrogen (secondary N) is 1. The Morgan fingerprint density at radius 2 is 1.78 bits per heavy atom. The monoisotopic (exact) mass is 317 g/mol. The first-order valence-electron chi connectivity index (χ1n) is 7.99. The van der Waals surface area contributed by atoms with Crippen molar-refractivity contribution in [1.82, 2.24) is 4.90 Å². The zero-order chi connectivity index (χ0) is 16.8. The highest BCUT2D eigenvalue weighted by atomic mass is 16.2. The minimum Gasteiger partial charge on any atom is -0.369 e. The van der Waals surface area contributed by atoms with E-state index in [2.05, 4.69) is 5.32 Å². The molecule has 6 heteroatoms. The lowest BCUT2D eigenvalue weighted by Gasteiger charge is -2.30. The highest BCUT2D eigenvalue weighted by Gasteiger charge is 2.26. The van der Waals surface area contributed by atoms with Crippen LogP contribution >= 0.6 is 0 Å². The Hall–Kier alpha value is -2.37.